The molecule has 0 amide bonds. The van der Waals surface area contributed by atoms with Gasteiger partial charge in [0.1, 0.15) is 5.69 Å². The molecular formula is C10H14N2O2. The smallest absolute Gasteiger partial charge is 0.356 e. The number of nitrogens with one attached hydrogen (secondary N) is 1. The number of hydrogen-bond acceptors (Lipinski definition) is 4. The van der Waals surface area contributed by atoms with E-state index in [1.807, 2.05) is 19.9 Å². The van der Waals surface area contributed by atoms with E-state index in [2.05, 4.69) is 15.0 Å². The zero-order valence-electron chi connectivity index (χ0n) is 8.57. The van der Waals surface area contributed by atoms with Crippen LogP contribution < -0.4 is 5.32 Å². The van der Waals surface area contributed by atoms with Crippen LogP contribution in [0.5, 0.6) is 0 Å². The molecular weight excluding hydrogens is 180 g/mol. The maximum Gasteiger partial charge on any atom is 0.356 e. The molecule has 0 aliphatic heterocycles. The maximum atomic E-state index is 11.1. The normalized spacial score (nSPS) is 10.0. The van der Waals surface area contributed by atoms with Gasteiger partial charge in [0.05, 0.1) is 7.11 Å². The van der Waals surface area contributed by atoms with E-state index in [9.17, 15) is 4.79 Å². The monoisotopic (exact) mass is 194 g/mol. The summed E-state index contributed by atoms with van der Waals surface area (Å²) in [6.07, 6.45) is 1.58. The van der Waals surface area contributed by atoms with E-state index < -0.39 is 5.97 Å². The van der Waals surface area contributed by atoms with Crippen LogP contribution in [0, 0.1) is 0 Å². The van der Waals surface area contributed by atoms with Crippen LogP contribution in [-0.4, -0.2) is 24.1 Å². The van der Waals surface area contributed by atoms with Crippen molar-refractivity contribution in [3.8, 4) is 0 Å². The molecule has 1 heterocycles. The minimum atomic E-state index is -0.419. The number of aromatic nitrogens is 1. The van der Waals surface area contributed by atoms with Crippen molar-refractivity contribution in [2.24, 2.45) is 0 Å². The summed E-state index contributed by atoms with van der Waals surface area (Å²) in [4.78, 5) is 15.0. The summed E-state index contributed by atoms with van der Waals surface area (Å²) < 4.78 is 4.57. The van der Waals surface area contributed by atoms with Crippen LogP contribution in [0.2, 0.25) is 0 Å². The lowest BCUT2D eigenvalue weighted by molar-refractivity contribution is 0.0594. The topological polar surface area (TPSA) is 51.2 Å². The molecule has 0 fully saturated rings. The van der Waals surface area contributed by atoms with Crippen molar-refractivity contribution in [1.29, 1.82) is 0 Å². The van der Waals surface area contributed by atoms with Gasteiger partial charge in [-0.3, -0.25) is 0 Å². The first-order valence-electron chi connectivity index (χ1n) is 4.44. The van der Waals surface area contributed by atoms with Gasteiger partial charge in [-0.1, -0.05) is 0 Å². The van der Waals surface area contributed by atoms with Crippen molar-refractivity contribution in [2.75, 3.05) is 12.4 Å². The number of hydrogen-bond donors (Lipinski definition) is 1. The Morgan fingerprint density at radius 2 is 2.29 bits per heavy atom. The van der Waals surface area contributed by atoms with Gasteiger partial charge in [-0.05, 0) is 26.0 Å². The summed E-state index contributed by atoms with van der Waals surface area (Å²) >= 11 is 0. The molecule has 1 rings (SSSR count). The first-order chi connectivity index (χ1) is 6.63. The van der Waals surface area contributed by atoms with Gasteiger partial charge in [-0.15, -0.1) is 0 Å². The van der Waals surface area contributed by atoms with Crippen LogP contribution in [0.25, 0.3) is 0 Å². The molecule has 4 nitrogen and oxygen atoms in total. The molecule has 0 bridgehead atoms. The summed E-state index contributed by atoms with van der Waals surface area (Å²) in [5.41, 5.74) is 1.19. The number of pyridine rings is 1. The molecule has 1 N–H and O–H groups in total. The SMILES string of the molecule is COC(=O)c1cc(NC(C)C)ccn1. The van der Waals surface area contributed by atoms with E-state index in [-0.39, 0.29) is 0 Å². The van der Waals surface area contributed by atoms with Crippen molar-refractivity contribution >= 4 is 11.7 Å². The second-order valence-corrected chi connectivity index (χ2v) is 3.22. The Hall–Kier alpha value is -1.58. The molecule has 76 valence electrons. The minimum absolute atomic E-state index is 0.318. The molecule has 0 aromatic carbocycles. The molecule has 0 spiro atoms. The third kappa shape index (κ3) is 2.73. The predicted octanol–water partition coefficient (Wildman–Crippen LogP) is 1.69. The van der Waals surface area contributed by atoms with E-state index in [4.69, 9.17) is 0 Å². The van der Waals surface area contributed by atoms with Crippen molar-refractivity contribution in [1.82, 2.24) is 4.98 Å². The lowest BCUT2D eigenvalue weighted by Gasteiger charge is -2.09. The second kappa shape index (κ2) is 4.60. The molecule has 0 unspecified atom stereocenters. The number of methoxy groups -OCH3 is 1. The highest BCUT2D eigenvalue weighted by molar-refractivity contribution is 5.88. The van der Waals surface area contributed by atoms with Gasteiger partial charge in [0.25, 0.3) is 0 Å². The fraction of sp³-hybridized carbons (Fsp3) is 0.400. The number of anilines is 1. The molecule has 1 aromatic heterocycles. The average Bonchev–Trinajstić information content (AvgIpc) is 2.16. The van der Waals surface area contributed by atoms with E-state index >= 15 is 0 Å². The third-order valence-electron chi connectivity index (χ3n) is 1.61. The lowest BCUT2D eigenvalue weighted by atomic mass is 10.3. The summed E-state index contributed by atoms with van der Waals surface area (Å²) in [6.45, 7) is 4.05. The van der Waals surface area contributed by atoms with Crippen LogP contribution in [0.15, 0.2) is 18.3 Å². The number of rotatable bonds is 3. The predicted molar refractivity (Wildman–Crippen MR) is 54.3 cm³/mol. The van der Waals surface area contributed by atoms with Crippen molar-refractivity contribution < 1.29 is 9.53 Å². The number of carbonyl (C=O) groups is 1. The first-order valence-corrected chi connectivity index (χ1v) is 4.44. The first kappa shape index (κ1) is 10.5. The molecule has 1 aromatic rings. The van der Waals surface area contributed by atoms with E-state index in [1.165, 1.54) is 7.11 Å². The van der Waals surface area contributed by atoms with Crippen molar-refractivity contribution in [2.45, 2.75) is 19.9 Å². The Kier molecular flexibility index (Phi) is 3.45. The molecule has 0 radical (unpaired) electrons. The summed E-state index contributed by atoms with van der Waals surface area (Å²) in [5, 5.41) is 3.18. The molecule has 4 heteroatoms. The van der Waals surface area contributed by atoms with Crippen LogP contribution in [-0.2, 0) is 4.74 Å². The third-order valence-corrected chi connectivity index (χ3v) is 1.61. The Balaban J connectivity index is 2.84. The van der Waals surface area contributed by atoms with Gasteiger partial charge < -0.3 is 10.1 Å². The van der Waals surface area contributed by atoms with Gasteiger partial charge >= 0.3 is 5.97 Å². The zero-order chi connectivity index (χ0) is 10.6. The molecule has 0 aliphatic rings. The number of esters is 1. The van der Waals surface area contributed by atoms with Crippen molar-refractivity contribution in [3.05, 3.63) is 24.0 Å². The van der Waals surface area contributed by atoms with E-state index in [0.717, 1.165) is 5.69 Å². The summed E-state index contributed by atoms with van der Waals surface area (Å²) in [7, 11) is 1.34. The number of nitrogens with zero attached hydrogens (tertiary/aromatic N) is 1. The Labute approximate surface area is 83.3 Å². The molecule has 14 heavy (non-hydrogen) atoms. The zero-order valence-corrected chi connectivity index (χ0v) is 8.57. The Morgan fingerprint density at radius 1 is 1.57 bits per heavy atom. The van der Waals surface area contributed by atoms with E-state index in [1.54, 1.807) is 12.3 Å². The number of carbonyl (C=O) groups excluding carboxylic acids is 1. The number of ether oxygens (including phenoxy) is 1. The van der Waals surface area contributed by atoms with Gasteiger partial charge in [-0.2, -0.15) is 0 Å². The average molecular weight is 194 g/mol. The van der Waals surface area contributed by atoms with Gasteiger partial charge in [-0.25, -0.2) is 9.78 Å². The van der Waals surface area contributed by atoms with Crippen LogP contribution >= 0.6 is 0 Å². The standard InChI is InChI=1S/C10H14N2O2/c1-7(2)12-8-4-5-11-9(6-8)10(13)14-3/h4-7H,1-3H3,(H,11,12). The van der Waals surface area contributed by atoms with Crippen molar-refractivity contribution in [3.63, 3.8) is 0 Å². The molecule has 0 atom stereocenters. The quantitative estimate of drug-likeness (QED) is 0.744. The molecule has 0 saturated carbocycles. The second-order valence-electron chi connectivity index (χ2n) is 3.22. The van der Waals surface area contributed by atoms with Crippen LogP contribution in [0.1, 0.15) is 24.3 Å². The largest absolute Gasteiger partial charge is 0.464 e. The van der Waals surface area contributed by atoms with Gasteiger partial charge in [0, 0.05) is 17.9 Å². The summed E-state index contributed by atoms with van der Waals surface area (Å²) in [6, 6.07) is 3.81. The minimum Gasteiger partial charge on any atom is -0.464 e. The molecule has 0 aliphatic carbocycles. The van der Waals surface area contributed by atoms with Gasteiger partial charge in [0.2, 0.25) is 0 Å². The molecule has 0 saturated heterocycles. The lowest BCUT2D eigenvalue weighted by Crippen LogP contribution is -2.11. The maximum absolute atomic E-state index is 11.1. The van der Waals surface area contributed by atoms with E-state index in [0.29, 0.717) is 11.7 Å². The summed E-state index contributed by atoms with van der Waals surface area (Å²) in [5.74, 6) is -0.419. The highest BCUT2D eigenvalue weighted by Gasteiger charge is 2.07. The highest BCUT2D eigenvalue weighted by Crippen LogP contribution is 2.09. The highest BCUT2D eigenvalue weighted by atomic mass is 16.5. The fourth-order valence-electron chi connectivity index (χ4n) is 1.07. The Morgan fingerprint density at radius 3 is 2.86 bits per heavy atom. The van der Waals surface area contributed by atoms with Crippen LogP contribution in [0.4, 0.5) is 5.69 Å². The van der Waals surface area contributed by atoms with Crippen LogP contribution in [0.3, 0.4) is 0 Å². The Bertz CT molecular complexity index is 324. The fourth-order valence-corrected chi connectivity index (χ4v) is 1.07. The van der Waals surface area contributed by atoms with Gasteiger partial charge in [0.15, 0.2) is 0 Å².